The summed E-state index contributed by atoms with van der Waals surface area (Å²) in [6, 6.07) is 1.99. The summed E-state index contributed by atoms with van der Waals surface area (Å²) in [7, 11) is 1.53. The van der Waals surface area contributed by atoms with Crippen LogP contribution in [0.1, 0.15) is 25.3 Å². The van der Waals surface area contributed by atoms with E-state index in [4.69, 9.17) is 4.74 Å². The lowest BCUT2D eigenvalue weighted by atomic mass is 10.2. The van der Waals surface area contributed by atoms with E-state index in [0.717, 1.165) is 18.6 Å². The van der Waals surface area contributed by atoms with E-state index in [1.807, 2.05) is 6.92 Å². The van der Waals surface area contributed by atoms with Gasteiger partial charge in [0.25, 0.3) is 0 Å². The molecule has 0 aromatic carbocycles. The molecule has 2 N–H and O–H groups in total. The van der Waals surface area contributed by atoms with Crippen LogP contribution in [0.5, 0.6) is 0 Å². The van der Waals surface area contributed by atoms with Gasteiger partial charge in [-0.2, -0.15) is 13.2 Å². The van der Waals surface area contributed by atoms with E-state index in [1.165, 1.54) is 7.05 Å². The van der Waals surface area contributed by atoms with E-state index < -0.39 is 11.7 Å². The van der Waals surface area contributed by atoms with Gasteiger partial charge in [-0.05, 0) is 25.0 Å². The van der Waals surface area contributed by atoms with Gasteiger partial charge in [-0.3, -0.25) is 0 Å². The zero-order chi connectivity index (χ0) is 15.0. The van der Waals surface area contributed by atoms with Crippen LogP contribution in [0.15, 0.2) is 12.1 Å². The highest BCUT2D eigenvalue weighted by atomic mass is 19.4. The molecule has 0 spiro atoms. The summed E-state index contributed by atoms with van der Waals surface area (Å²) >= 11 is 0. The largest absolute Gasteiger partial charge is 0.416 e. The number of alkyl halides is 3. The van der Waals surface area contributed by atoms with E-state index in [0.29, 0.717) is 26.2 Å². The molecular weight excluding hydrogens is 271 g/mol. The maximum Gasteiger partial charge on any atom is 0.416 e. The minimum atomic E-state index is -4.38. The molecule has 7 heteroatoms. The monoisotopic (exact) mass is 291 g/mol. The van der Waals surface area contributed by atoms with E-state index in [2.05, 4.69) is 15.6 Å². The standard InChI is InChI=1S/C13H20F3N3O/c1-3-6-20-7-4-5-18-12-9-10(13(14,15)16)8-11(17-2)19-12/h8-9H,3-7H2,1-2H3,(H2,17,18,19). The van der Waals surface area contributed by atoms with Gasteiger partial charge >= 0.3 is 6.18 Å². The Balaban J connectivity index is 2.56. The van der Waals surface area contributed by atoms with Crippen molar-refractivity contribution >= 4 is 11.6 Å². The predicted molar refractivity (Wildman–Crippen MR) is 73.0 cm³/mol. The summed E-state index contributed by atoms with van der Waals surface area (Å²) in [6.45, 7) is 3.82. The Bertz CT molecular complexity index is 410. The van der Waals surface area contributed by atoms with Crippen molar-refractivity contribution in [2.75, 3.05) is 37.4 Å². The molecule has 4 nitrogen and oxygen atoms in total. The van der Waals surface area contributed by atoms with Crippen molar-refractivity contribution in [1.29, 1.82) is 0 Å². The fourth-order valence-electron chi connectivity index (χ4n) is 1.55. The zero-order valence-electron chi connectivity index (χ0n) is 11.7. The Morgan fingerprint density at radius 3 is 2.50 bits per heavy atom. The average Bonchev–Trinajstić information content (AvgIpc) is 2.41. The van der Waals surface area contributed by atoms with Crippen LogP contribution in [0.2, 0.25) is 0 Å². The first kappa shape index (κ1) is 16.6. The van der Waals surface area contributed by atoms with Crippen molar-refractivity contribution in [3.63, 3.8) is 0 Å². The number of halogens is 3. The van der Waals surface area contributed by atoms with Crippen LogP contribution in [0.3, 0.4) is 0 Å². The summed E-state index contributed by atoms with van der Waals surface area (Å²) in [5.41, 5.74) is -0.721. The van der Waals surface area contributed by atoms with Crippen LogP contribution in [0.25, 0.3) is 0 Å². The summed E-state index contributed by atoms with van der Waals surface area (Å²) in [6.07, 6.45) is -2.71. The second-order valence-electron chi connectivity index (χ2n) is 4.27. The number of hydrogen-bond acceptors (Lipinski definition) is 4. The highest BCUT2D eigenvalue weighted by Crippen LogP contribution is 2.31. The smallest absolute Gasteiger partial charge is 0.381 e. The SMILES string of the molecule is CCCOCCCNc1cc(C(F)(F)F)cc(NC)n1. The third-order valence-electron chi connectivity index (χ3n) is 2.53. The van der Waals surface area contributed by atoms with E-state index in [9.17, 15) is 13.2 Å². The first-order valence-electron chi connectivity index (χ1n) is 6.56. The topological polar surface area (TPSA) is 46.2 Å². The second kappa shape index (κ2) is 7.94. The first-order chi connectivity index (χ1) is 9.47. The number of nitrogens with zero attached hydrogens (tertiary/aromatic N) is 1. The van der Waals surface area contributed by atoms with Crippen LogP contribution < -0.4 is 10.6 Å². The minimum Gasteiger partial charge on any atom is -0.381 e. The molecule has 0 atom stereocenters. The molecule has 0 radical (unpaired) electrons. The number of hydrogen-bond donors (Lipinski definition) is 2. The molecule has 1 aromatic heterocycles. The number of ether oxygens (including phenoxy) is 1. The van der Waals surface area contributed by atoms with Crippen molar-refractivity contribution in [2.24, 2.45) is 0 Å². The van der Waals surface area contributed by atoms with Crippen molar-refractivity contribution in [2.45, 2.75) is 25.9 Å². The number of anilines is 2. The molecule has 0 aliphatic heterocycles. The Morgan fingerprint density at radius 2 is 1.90 bits per heavy atom. The molecule has 0 bridgehead atoms. The van der Waals surface area contributed by atoms with E-state index >= 15 is 0 Å². The quantitative estimate of drug-likeness (QED) is 0.721. The predicted octanol–water partition coefficient (Wildman–Crippen LogP) is 3.37. The van der Waals surface area contributed by atoms with Gasteiger partial charge in [-0.25, -0.2) is 4.98 Å². The molecule has 0 saturated carbocycles. The molecule has 20 heavy (non-hydrogen) atoms. The van der Waals surface area contributed by atoms with Gasteiger partial charge in [0.15, 0.2) is 0 Å². The van der Waals surface area contributed by atoms with Gasteiger partial charge in [0, 0.05) is 26.8 Å². The van der Waals surface area contributed by atoms with E-state index in [1.54, 1.807) is 0 Å². The Morgan fingerprint density at radius 1 is 1.20 bits per heavy atom. The highest BCUT2D eigenvalue weighted by molar-refractivity contribution is 5.49. The van der Waals surface area contributed by atoms with Crippen molar-refractivity contribution in [3.8, 4) is 0 Å². The Kier molecular flexibility index (Phi) is 6.57. The number of nitrogens with one attached hydrogen (secondary N) is 2. The van der Waals surface area contributed by atoms with Crippen molar-refractivity contribution < 1.29 is 17.9 Å². The molecule has 0 saturated heterocycles. The fourth-order valence-corrected chi connectivity index (χ4v) is 1.55. The first-order valence-corrected chi connectivity index (χ1v) is 6.56. The third kappa shape index (κ3) is 5.64. The van der Waals surface area contributed by atoms with Gasteiger partial charge in [-0.15, -0.1) is 0 Å². The summed E-state index contributed by atoms with van der Waals surface area (Å²) < 4.78 is 43.4. The normalized spacial score (nSPS) is 11.4. The molecule has 0 unspecified atom stereocenters. The lowest BCUT2D eigenvalue weighted by molar-refractivity contribution is -0.137. The van der Waals surface area contributed by atoms with Crippen LogP contribution in [-0.4, -0.2) is 31.8 Å². The maximum absolute atomic E-state index is 12.7. The number of pyridine rings is 1. The summed E-state index contributed by atoms with van der Waals surface area (Å²) in [4.78, 5) is 4.04. The molecule has 0 amide bonds. The molecule has 0 aliphatic carbocycles. The van der Waals surface area contributed by atoms with E-state index in [-0.39, 0.29) is 11.6 Å². The Labute approximate surface area is 116 Å². The highest BCUT2D eigenvalue weighted by Gasteiger charge is 2.31. The van der Waals surface area contributed by atoms with Gasteiger partial charge in [-0.1, -0.05) is 6.92 Å². The minimum absolute atomic E-state index is 0.185. The molecule has 1 aromatic rings. The molecule has 0 fully saturated rings. The van der Waals surface area contributed by atoms with Crippen LogP contribution >= 0.6 is 0 Å². The molecule has 114 valence electrons. The van der Waals surface area contributed by atoms with Crippen molar-refractivity contribution in [1.82, 2.24) is 4.98 Å². The zero-order valence-corrected chi connectivity index (χ0v) is 11.7. The molecule has 0 aliphatic rings. The fraction of sp³-hybridized carbons (Fsp3) is 0.615. The molecular formula is C13H20F3N3O. The van der Waals surface area contributed by atoms with Gasteiger partial charge in [0.2, 0.25) is 0 Å². The Hall–Kier alpha value is -1.50. The maximum atomic E-state index is 12.7. The van der Waals surface area contributed by atoms with Crippen LogP contribution in [0, 0.1) is 0 Å². The average molecular weight is 291 g/mol. The van der Waals surface area contributed by atoms with Gasteiger partial charge < -0.3 is 15.4 Å². The second-order valence-corrected chi connectivity index (χ2v) is 4.27. The summed E-state index contributed by atoms with van der Waals surface area (Å²) in [5.74, 6) is 0.393. The number of aromatic nitrogens is 1. The van der Waals surface area contributed by atoms with Crippen molar-refractivity contribution in [3.05, 3.63) is 17.7 Å². The lowest BCUT2D eigenvalue weighted by Gasteiger charge is -2.12. The van der Waals surface area contributed by atoms with Gasteiger partial charge in [0.1, 0.15) is 11.6 Å². The summed E-state index contributed by atoms with van der Waals surface area (Å²) in [5, 5.41) is 5.50. The van der Waals surface area contributed by atoms with Gasteiger partial charge in [0.05, 0.1) is 5.56 Å². The van der Waals surface area contributed by atoms with Crippen LogP contribution in [-0.2, 0) is 10.9 Å². The number of rotatable bonds is 8. The third-order valence-corrected chi connectivity index (χ3v) is 2.53. The molecule has 1 rings (SSSR count). The van der Waals surface area contributed by atoms with Crippen LogP contribution in [0.4, 0.5) is 24.8 Å². The molecule has 1 heterocycles. The lowest BCUT2D eigenvalue weighted by Crippen LogP contribution is -2.11.